The molecule has 0 aromatic heterocycles. The minimum Gasteiger partial charge on any atom is -0.496 e. The fourth-order valence-corrected chi connectivity index (χ4v) is 5.48. The van der Waals surface area contributed by atoms with Crippen molar-refractivity contribution in [2.24, 2.45) is 0 Å². The van der Waals surface area contributed by atoms with E-state index in [1.54, 1.807) is 19.2 Å². The van der Waals surface area contributed by atoms with Gasteiger partial charge in [0.05, 0.1) is 17.5 Å². The maximum Gasteiger partial charge on any atom is 0.240 e. The van der Waals surface area contributed by atoms with E-state index in [9.17, 15) is 8.42 Å². The summed E-state index contributed by atoms with van der Waals surface area (Å²) in [6.07, 6.45) is 2.98. The summed E-state index contributed by atoms with van der Waals surface area (Å²) < 4.78 is 39.5. The number of likely N-dealkylation sites (tertiary alicyclic amines) is 1. The van der Waals surface area contributed by atoms with Gasteiger partial charge in [-0.15, -0.1) is 0 Å². The van der Waals surface area contributed by atoms with E-state index in [0.717, 1.165) is 48.4 Å². The number of hydrogen-bond donors (Lipinski definition) is 1. The van der Waals surface area contributed by atoms with E-state index in [-0.39, 0.29) is 5.54 Å². The van der Waals surface area contributed by atoms with Crippen LogP contribution in [0.1, 0.15) is 24.0 Å². The zero-order chi connectivity index (χ0) is 20.5. The molecule has 1 spiro atoms. The molecule has 0 aliphatic carbocycles. The molecule has 2 aromatic carbocycles. The Kier molecular flexibility index (Phi) is 5.55. The van der Waals surface area contributed by atoms with Crippen molar-refractivity contribution in [2.75, 3.05) is 33.4 Å². The minimum atomic E-state index is -3.50. The van der Waals surface area contributed by atoms with E-state index in [1.807, 2.05) is 37.3 Å². The summed E-state index contributed by atoms with van der Waals surface area (Å²) in [5.41, 5.74) is 2.04. The molecular formula is C22H28N2O4S. The number of benzene rings is 2. The Labute approximate surface area is 172 Å². The van der Waals surface area contributed by atoms with Crippen LogP contribution in [0.25, 0.3) is 0 Å². The molecule has 2 aliphatic heterocycles. The summed E-state index contributed by atoms with van der Waals surface area (Å²) in [5, 5.41) is 0. The molecule has 1 fully saturated rings. The van der Waals surface area contributed by atoms with E-state index >= 15 is 0 Å². The molecule has 2 heterocycles. The van der Waals surface area contributed by atoms with Crippen molar-refractivity contribution in [2.45, 2.75) is 36.6 Å². The number of ether oxygens (including phenoxy) is 2. The Morgan fingerprint density at radius 2 is 2.00 bits per heavy atom. The van der Waals surface area contributed by atoms with Gasteiger partial charge in [0.25, 0.3) is 0 Å². The van der Waals surface area contributed by atoms with Crippen LogP contribution in [0.2, 0.25) is 0 Å². The highest BCUT2D eigenvalue weighted by molar-refractivity contribution is 7.89. The van der Waals surface area contributed by atoms with E-state index in [4.69, 9.17) is 9.47 Å². The van der Waals surface area contributed by atoms with Crippen LogP contribution in [0.4, 0.5) is 0 Å². The highest BCUT2D eigenvalue weighted by Crippen LogP contribution is 2.42. The summed E-state index contributed by atoms with van der Waals surface area (Å²) in [6, 6.07) is 12.8. The summed E-state index contributed by atoms with van der Waals surface area (Å²) in [6.45, 7) is 4.53. The normalized spacial score (nSPS) is 21.7. The molecule has 2 aliphatic rings. The zero-order valence-corrected chi connectivity index (χ0v) is 17.8. The van der Waals surface area contributed by atoms with E-state index in [0.29, 0.717) is 24.6 Å². The van der Waals surface area contributed by atoms with Crippen molar-refractivity contribution in [3.63, 3.8) is 0 Å². The number of sulfonamides is 1. The van der Waals surface area contributed by atoms with Gasteiger partial charge in [-0.25, -0.2) is 13.1 Å². The van der Waals surface area contributed by atoms with Crippen molar-refractivity contribution in [1.29, 1.82) is 0 Å². The number of nitrogens with one attached hydrogen (secondary N) is 1. The SMILES string of the molecule is COc1cccc2c1CC1(CCCN1CCNS(=O)(=O)c1ccc(C)cc1)CO2. The molecule has 1 unspecified atom stereocenters. The fourth-order valence-electron chi connectivity index (χ4n) is 4.46. The molecular weight excluding hydrogens is 388 g/mol. The average Bonchev–Trinajstić information content (AvgIpc) is 3.09. The Morgan fingerprint density at radius 3 is 2.76 bits per heavy atom. The smallest absolute Gasteiger partial charge is 0.240 e. The van der Waals surface area contributed by atoms with Gasteiger partial charge in [-0.2, -0.15) is 0 Å². The van der Waals surface area contributed by atoms with Crippen LogP contribution < -0.4 is 14.2 Å². The Balaban J connectivity index is 1.44. The Morgan fingerprint density at radius 1 is 1.21 bits per heavy atom. The molecule has 7 heteroatoms. The van der Waals surface area contributed by atoms with Crippen LogP contribution >= 0.6 is 0 Å². The number of hydrogen-bond acceptors (Lipinski definition) is 5. The summed E-state index contributed by atoms with van der Waals surface area (Å²) in [5.74, 6) is 1.75. The maximum atomic E-state index is 12.6. The minimum absolute atomic E-state index is 0.100. The zero-order valence-electron chi connectivity index (χ0n) is 17.0. The van der Waals surface area contributed by atoms with Crippen molar-refractivity contribution in [3.8, 4) is 11.5 Å². The van der Waals surface area contributed by atoms with E-state index in [2.05, 4.69) is 9.62 Å². The summed E-state index contributed by atoms with van der Waals surface area (Å²) in [4.78, 5) is 2.68. The maximum absolute atomic E-state index is 12.6. The van der Waals surface area contributed by atoms with Gasteiger partial charge < -0.3 is 9.47 Å². The molecule has 4 rings (SSSR count). The first kappa shape index (κ1) is 20.2. The molecule has 2 aromatic rings. The topological polar surface area (TPSA) is 67.9 Å². The van der Waals surface area contributed by atoms with Gasteiger partial charge in [0.1, 0.15) is 18.1 Å². The lowest BCUT2D eigenvalue weighted by atomic mass is 9.86. The predicted molar refractivity (Wildman–Crippen MR) is 112 cm³/mol. The largest absolute Gasteiger partial charge is 0.496 e. The van der Waals surface area contributed by atoms with Crippen molar-refractivity contribution in [3.05, 3.63) is 53.6 Å². The van der Waals surface area contributed by atoms with Gasteiger partial charge in [-0.05, 0) is 50.6 Å². The van der Waals surface area contributed by atoms with Gasteiger partial charge >= 0.3 is 0 Å². The van der Waals surface area contributed by atoms with Gasteiger partial charge in [-0.1, -0.05) is 23.8 Å². The van der Waals surface area contributed by atoms with E-state index in [1.165, 1.54) is 0 Å². The lowest BCUT2D eigenvalue weighted by Crippen LogP contribution is -2.54. The molecule has 6 nitrogen and oxygen atoms in total. The third-order valence-electron chi connectivity index (χ3n) is 6.06. The first-order chi connectivity index (χ1) is 13.9. The Hall–Kier alpha value is -2.09. The second kappa shape index (κ2) is 7.97. The molecule has 0 bridgehead atoms. The quantitative estimate of drug-likeness (QED) is 0.784. The number of rotatable bonds is 6. The van der Waals surface area contributed by atoms with Gasteiger partial charge in [-0.3, -0.25) is 4.90 Å². The lowest BCUT2D eigenvalue weighted by molar-refractivity contribution is 0.0611. The van der Waals surface area contributed by atoms with Crippen LogP contribution in [0.3, 0.4) is 0 Å². The molecule has 156 valence electrons. The second-order valence-electron chi connectivity index (χ2n) is 7.93. The second-order valence-corrected chi connectivity index (χ2v) is 9.70. The Bertz CT molecular complexity index is 961. The highest BCUT2D eigenvalue weighted by atomic mass is 32.2. The van der Waals surface area contributed by atoms with Gasteiger partial charge in [0.2, 0.25) is 10.0 Å². The molecule has 1 saturated heterocycles. The summed E-state index contributed by atoms with van der Waals surface area (Å²) in [7, 11) is -1.81. The monoisotopic (exact) mass is 416 g/mol. The van der Waals surface area contributed by atoms with Crippen LogP contribution in [-0.4, -0.2) is 52.2 Å². The van der Waals surface area contributed by atoms with Crippen LogP contribution in [-0.2, 0) is 16.4 Å². The number of nitrogens with zero attached hydrogens (tertiary/aromatic N) is 1. The van der Waals surface area contributed by atoms with Crippen LogP contribution in [0.15, 0.2) is 47.4 Å². The number of methoxy groups -OCH3 is 1. The first-order valence-electron chi connectivity index (χ1n) is 10.0. The molecule has 0 radical (unpaired) electrons. The first-order valence-corrected chi connectivity index (χ1v) is 11.5. The third-order valence-corrected chi connectivity index (χ3v) is 7.54. The van der Waals surface area contributed by atoms with E-state index < -0.39 is 10.0 Å². The number of fused-ring (bicyclic) bond motifs is 1. The molecule has 0 saturated carbocycles. The average molecular weight is 417 g/mol. The molecule has 29 heavy (non-hydrogen) atoms. The third kappa shape index (κ3) is 3.99. The summed E-state index contributed by atoms with van der Waals surface area (Å²) >= 11 is 0. The van der Waals surface area contributed by atoms with Crippen LogP contribution in [0, 0.1) is 6.92 Å². The highest BCUT2D eigenvalue weighted by Gasteiger charge is 2.45. The van der Waals surface area contributed by atoms with Crippen molar-refractivity contribution < 1.29 is 17.9 Å². The standard InChI is InChI=1S/C22H28N2O4S/c1-17-7-9-18(10-8-17)29(25,26)23-12-14-24-13-4-11-22(24)15-19-20(27-2)5-3-6-21(19)28-16-22/h3,5-10,23H,4,11-16H2,1-2H3. The van der Waals surface area contributed by atoms with Gasteiger partial charge in [0, 0.05) is 25.1 Å². The number of aryl methyl sites for hydroxylation is 1. The predicted octanol–water partition coefficient (Wildman–Crippen LogP) is 2.75. The van der Waals surface area contributed by atoms with Crippen molar-refractivity contribution >= 4 is 10.0 Å². The molecule has 0 amide bonds. The lowest BCUT2D eigenvalue weighted by Gasteiger charge is -2.42. The fraction of sp³-hybridized carbons (Fsp3) is 0.455. The molecule has 1 N–H and O–H groups in total. The van der Waals surface area contributed by atoms with Gasteiger partial charge in [0.15, 0.2) is 0 Å². The van der Waals surface area contributed by atoms with Crippen molar-refractivity contribution in [1.82, 2.24) is 9.62 Å². The van der Waals surface area contributed by atoms with Crippen LogP contribution in [0.5, 0.6) is 11.5 Å². The molecule has 1 atom stereocenters.